The fraction of sp³-hybridized carbons (Fsp3) is 0.538. The molecule has 0 spiro atoms. The zero-order valence-electron chi connectivity index (χ0n) is 10.6. The Hall–Kier alpha value is -1.01. The average Bonchev–Trinajstić information content (AvgIpc) is 3.00. The van der Waals surface area contributed by atoms with Crippen LogP contribution in [0.4, 0.5) is 0 Å². The van der Waals surface area contributed by atoms with E-state index in [1.54, 1.807) is 0 Å². The smallest absolute Gasteiger partial charge is 0.327 e. The minimum atomic E-state index is -0.908. The molecule has 2 aliphatic rings. The summed E-state index contributed by atoms with van der Waals surface area (Å²) in [5.74, 6) is -0.550. The molecule has 0 aromatic carbocycles. The van der Waals surface area contributed by atoms with Crippen molar-refractivity contribution >= 4 is 35.0 Å². The highest BCUT2D eigenvalue weighted by molar-refractivity contribution is 8.00. The van der Waals surface area contributed by atoms with Crippen molar-refractivity contribution in [3.05, 3.63) is 21.4 Å². The summed E-state index contributed by atoms with van der Waals surface area (Å²) in [5.41, 5.74) is 1.28. The minimum Gasteiger partial charge on any atom is -0.480 e. The van der Waals surface area contributed by atoms with E-state index in [1.807, 2.05) is 13.0 Å². The first-order valence-corrected chi connectivity index (χ1v) is 8.23. The molecule has 0 bridgehead atoms. The number of hydrogen-bond acceptors (Lipinski definition) is 4. The lowest BCUT2D eigenvalue weighted by molar-refractivity contribution is -0.141. The van der Waals surface area contributed by atoms with E-state index in [1.165, 1.54) is 44.9 Å². The molecule has 0 radical (unpaired) electrons. The van der Waals surface area contributed by atoms with Crippen molar-refractivity contribution < 1.29 is 14.7 Å². The molecule has 4 nitrogen and oxygen atoms in total. The topological polar surface area (TPSA) is 57.6 Å². The fourth-order valence-electron chi connectivity index (χ4n) is 2.70. The number of carbonyl (C=O) groups excluding carboxylic acids is 1. The average molecular weight is 297 g/mol. The van der Waals surface area contributed by atoms with E-state index >= 15 is 0 Å². The Labute approximate surface area is 119 Å². The zero-order chi connectivity index (χ0) is 13.6. The summed E-state index contributed by atoms with van der Waals surface area (Å²) in [6, 6.07) is 1.27. The maximum Gasteiger partial charge on any atom is 0.327 e. The number of carboxylic acid groups (broad SMARTS) is 1. The molecule has 2 atom stereocenters. The van der Waals surface area contributed by atoms with Gasteiger partial charge in [-0.2, -0.15) is 0 Å². The molecule has 102 valence electrons. The third-order valence-electron chi connectivity index (χ3n) is 3.70. The number of aliphatic carboxylic acids is 1. The molecule has 1 aromatic rings. The van der Waals surface area contributed by atoms with Gasteiger partial charge in [0.05, 0.1) is 10.3 Å². The number of thioether (sulfide) groups is 1. The number of aryl methyl sites for hydroxylation is 2. The normalized spacial score (nSPS) is 25.6. The van der Waals surface area contributed by atoms with Gasteiger partial charge in [0.25, 0.3) is 5.91 Å². The molecule has 2 unspecified atom stereocenters. The van der Waals surface area contributed by atoms with Gasteiger partial charge in [0.15, 0.2) is 0 Å². The molecule has 6 heteroatoms. The van der Waals surface area contributed by atoms with Crippen LogP contribution in [0.15, 0.2) is 6.07 Å². The second-order valence-corrected chi connectivity index (χ2v) is 7.40. The molecule has 1 aliphatic heterocycles. The first-order valence-electron chi connectivity index (χ1n) is 6.36. The van der Waals surface area contributed by atoms with Crippen molar-refractivity contribution in [2.24, 2.45) is 0 Å². The van der Waals surface area contributed by atoms with Crippen LogP contribution in [-0.2, 0) is 17.6 Å². The molecule has 1 amide bonds. The van der Waals surface area contributed by atoms with Crippen LogP contribution >= 0.6 is 23.1 Å². The minimum absolute atomic E-state index is 0.0643. The maximum atomic E-state index is 12.5. The summed E-state index contributed by atoms with van der Waals surface area (Å²) in [4.78, 5) is 27.3. The van der Waals surface area contributed by atoms with Crippen molar-refractivity contribution in [1.29, 1.82) is 0 Å². The largest absolute Gasteiger partial charge is 0.480 e. The Balaban J connectivity index is 1.87. The van der Waals surface area contributed by atoms with Gasteiger partial charge in [0, 0.05) is 10.6 Å². The third kappa shape index (κ3) is 2.17. The Morgan fingerprint density at radius 3 is 2.89 bits per heavy atom. The Kier molecular flexibility index (Phi) is 3.30. The van der Waals surface area contributed by atoms with Crippen LogP contribution in [-0.4, -0.2) is 39.1 Å². The van der Waals surface area contributed by atoms with E-state index in [-0.39, 0.29) is 11.3 Å². The van der Waals surface area contributed by atoms with Crippen molar-refractivity contribution in [3.63, 3.8) is 0 Å². The summed E-state index contributed by atoms with van der Waals surface area (Å²) in [6.07, 6.45) is 3.27. The number of rotatable bonds is 2. The summed E-state index contributed by atoms with van der Waals surface area (Å²) in [7, 11) is 0. The second-order valence-electron chi connectivity index (χ2n) is 4.91. The van der Waals surface area contributed by atoms with Crippen LogP contribution in [0, 0.1) is 0 Å². The zero-order valence-corrected chi connectivity index (χ0v) is 12.2. The predicted octanol–water partition coefficient (Wildman–Crippen LogP) is 2.23. The molecule has 1 N–H and O–H groups in total. The lowest BCUT2D eigenvalue weighted by atomic mass is 10.2. The van der Waals surface area contributed by atoms with Gasteiger partial charge in [-0.15, -0.1) is 23.1 Å². The number of carboxylic acids is 1. The van der Waals surface area contributed by atoms with Crippen molar-refractivity contribution in [3.8, 4) is 0 Å². The van der Waals surface area contributed by atoms with Crippen LogP contribution in [0.3, 0.4) is 0 Å². The van der Waals surface area contributed by atoms with Gasteiger partial charge < -0.3 is 10.0 Å². The van der Waals surface area contributed by atoms with Crippen molar-refractivity contribution in [2.75, 3.05) is 5.75 Å². The highest BCUT2D eigenvalue weighted by Gasteiger charge is 2.40. The van der Waals surface area contributed by atoms with Gasteiger partial charge in [-0.3, -0.25) is 4.79 Å². The Morgan fingerprint density at radius 1 is 1.42 bits per heavy atom. The van der Waals surface area contributed by atoms with E-state index in [9.17, 15) is 14.7 Å². The standard InChI is InChI=1S/C13H15NO3S2/c1-7-14(9(6-18-7)13(16)17)12(15)11-5-8-3-2-4-10(8)19-11/h5,7,9H,2-4,6H2,1H3,(H,16,17). The molecular weight excluding hydrogens is 282 g/mol. The van der Waals surface area contributed by atoms with E-state index in [2.05, 4.69) is 0 Å². The van der Waals surface area contributed by atoms with Gasteiger partial charge in [-0.25, -0.2) is 4.79 Å². The highest BCUT2D eigenvalue weighted by Crippen LogP contribution is 2.35. The number of amides is 1. The van der Waals surface area contributed by atoms with Crippen LogP contribution in [0.25, 0.3) is 0 Å². The van der Waals surface area contributed by atoms with Crippen LogP contribution in [0.1, 0.15) is 33.5 Å². The highest BCUT2D eigenvalue weighted by atomic mass is 32.2. The molecule has 1 saturated heterocycles. The van der Waals surface area contributed by atoms with Crippen LogP contribution < -0.4 is 0 Å². The summed E-state index contributed by atoms with van der Waals surface area (Å²) in [6.45, 7) is 1.90. The van der Waals surface area contributed by atoms with Gasteiger partial charge in [-0.1, -0.05) is 0 Å². The number of carbonyl (C=O) groups is 2. The number of thiophene rings is 1. The Morgan fingerprint density at radius 2 is 2.21 bits per heavy atom. The van der Waals surface area contributed by atoms with Crippen molar-refractivity contribution in [1.82, 2.24) is 4.90 Å². The molecule has 19 heavy (non-hydrogen) atoms. The lowest BCUT2D eigenvalue weighted by Crippen LogP contribution is -2.44. The first-order chi connectivity index (χ1) is 9.08. The fourth-order valence-corrected chi connectivity index (χ4v) is 5.07. The van der Waals surface area contributed by atoms with E-state index in [0.717, 1.165) is 12.8 Å². The van der Waals surface area contributed by atoms with Gasteiger partial charge in [0.1, 0.15) is 6.04 Å². The molecule has 2 heterocycles. The van der Waals surface area contributed by atoms with Crippen LogP contribution in [0.5, 0.6) is 0 Å². The predicted molar refractivity (Wildman–Crippen MR) is 75.9 cm³/mol. The van der Waals surface area contributed by atoms with E-state index in [4.69, 9.17) is 0 Å². The summed E-state index contributed by atoms with van der Waals surface area (Å²) in [5, 5.41) is 9.15. The quantitative estimate of drug-likeness (QED) is 0.909. The van der Waals surface area contributed by atoms with Crippen molar-refractivity contribution in [2.45, 2.75) is 37.6 Å². The summed E-state index contributed by atoms with van der Waals surface area (Å²) >= 11 is 3.06. The van der Waals surface area contributed by atoms with Crippen LogP contribution in [0.2, 0.25) is 0 Å². The molecule has 1 aliphatic carbocycles. The van der Waals surface area contributed by atoms with E-state index < -0.39 is 12.0 Å². The summed E-state index contributed by atoms with van der Waals surface area (Å²) < 4.78 is 0. The SMILES string of the molecule is CC1SCC(C(=O)O)N1C(=O)c1cc2c(s1)CCC2. The lowest BCUT2D eigenvalue weighted by Gasteiger charge is -2.24. The molecule has 3 rings (SSSR count). The molecule has 1 aromatic heterocycles. The number of fused-ring (bicyclic) bond motifs is 1. The first kappa shape index (κ1) is 13.0. The molecule has 0 saturated carbocycles. The second kappa shape index (κ2) is 4.83. The molecular formula is C13H15NO3S2. The van der Waals surface area contributed by atoms with E-state index in [0.29, 0.717) is 10.6 Å². The maximum absolute atomic E-state index is 12.5. The number of nitrogens with zero attached hydrogens (tertiary/aromatic N) is 1. The monoisotopic (exact) mass is 297 g/mol. The Bertz CT molecular complexity index is 518. The van der Waals surface area contributed by atoms with Gasteiger partial charge in [-0.05, 0) is 37.8 Å². The molecule has 1 fully saturated rings. The van der Waals surface area contributed by atoms with Gasteiger partial charge >= 0.3 is 5.97 Å². The van der Waals surface area contributed by atoms with Gasteiger partial charge in [0.2, 0.25) is 0 Å². The number of hydrogen-bond donors (Lipinski definition) is 1. The third-order valence-corrected chi connectivity index (χ3v) is 6.14.